The molecule has 17 heteroatoms. The maximum absolute atomic E-state index is 14.1. The van der Waals surface area contributed by atoms with Gasteiger partial charge in [0, 0.05) is 30.9 Å². The lowest BCUT2D eigenvalue weighted by Gasteiger charge is -2.23. The lowest BCUT2D eigenvalue weighted by atomic mass is 9.86. The Balaban J connectivity index is 0.000000602. The van der Waals surface area contributed by atoms with E-state index in [-0.39, 0.29) is 35.0 Å². The van der Waals surface area contributed by atoms with Crippen molar-refractivity contribution >= 4 is 33.3 Å². The number of ether oxygens (including phenoxy) is 2. The van der Waals surface area contributed by atoms with Gasteiger partial charge in [-0.25, -0.2) is 22.0 Å². The molecule has 1 heterocycles. The van der Waals surface area contributed by atoms with Gasteiger partial charge in [-0.05, 0) is 59.0 Å². The number of carbonyl (C=O) groups excluding carboxylic acids is 2. The average molecular weight is 738 g/mol. The molecule has 4 rings (SSSR count). The van der Waals surface area contributed by atoms with Gasteiger partial charge in [-0.2, -0.15) is 13.2 Å². The van der Waals surface area contributed by atoms with E-state index in [0.29, 0.717) is 23.7 Å². The van der Waals surface area contributed by atoms with Crippen molar-refractivity contribution in [3.8, 4) is 11.5 Å². The second-order valence-corrected chi connectivity index (χ2v) is 13.8. The van der Waals surface area contributed by atoms with Crippen molar-refractivity contribution in [2.24, 2.45) is 5.73 Å². The third kappa shape index (κ3) is 12.5. The largest absolute Gasteiger partial charge is 0.484 e. The molecule has 0 fully saturated rings. The Morgan fingerprint density at radius 1 is 0.902 bits per heavy atom. The summed E-state index contributed by atoms with van der Waals surface area (Å²) in [5.74, 6) is -2.45. The molecule has 274 valence electrons. The molecule has 11 nitrogen and oxygen atoms in total. The Labute approximate surface area is 291 Å². The second kappa shape index (κ2) is 16.6. The molecule has 1 aromatic heterocycles. The van der Waals surface area contributed by atoms with E-state index in [9.17, 15) is 40.0 Å². The normalized spacial score (nSPS) is 11.6. The Kier molecular flexibility index (Phi) is 13.1. The van der Waals surface area contributed by atoms with Crippen LogP contribution in [0.15, 0.2) is 72.9 Å². The number of nitrogens with zero attached hydrogens (tertiary/aromatic N) is 1. The maximum atomic E-state index is 14.1. The Morgan fingerprint density at radius 3 is 2.12 bits per heavy atom. The zero-order valence-electron chi connectivity index (χ0n) is 27.9. The summed E-state index contributed by atoms with van der Waals surface area (Å²) in [6.45, 7) is 5.42. The minimum Gasteiger partial charge on any atom is -0.484 e. The molecule has 0 saturated carbocycles. The van der Waals surface area contributed by atoms with Gasteiger partial charge in [0.1, 0.15) is 28.8 Å². The van der Waals surface area contributed by atoms with Crippen LogP contribution in [0.4, 0.5) is 33.3 Å². The van der Waals surface area contributed by atoms with Crippen LogP contribution in [0.3, 0.4) is 0 Å². The van der Waals surface area contributed by atoms with Crippen LogP contribution in [0, 0.1) is 11.6 Å². The van der Waals surface area contributed by atoms with Crippen molar-refractivity contribution in [2.75, 3.05) is 23.3 Å². The summed E-state index contributed by atoms with van der Waals surface area (Å²) in [6, 6.07) is 14.5. The Morgan fingerprint density at radius 2 is 1.57 bits per heavy atom. The number of hydrogen-bond donors (Lipinski definition) is 4. The summed E-state index contributed by atoms with van der Waals surface area (Å²) in [4.78, 5) is 28.2. The number of halogens is 5. The van der Waals surface area contributed by atoms with Gasteiger partial charge in [0.2, 0.25) is 10.0 Å². The number of nitrogen functional groups attached to an aromatic ring is 1. The van der Waals surface area contributed by atoms with Gasteiger partial charge in [0.25, 0.3) is 5.91 Å². The predicted molar refractivity (Wildman–Crippen MR) is 180 cm³/mol. The number of hydrogen-bond acceptors (Lipinski definition) is 9. The molecule has 4 aromatic rings. The van der Waals surface area contributed by atoms with Gasteiger partial charge in [0.15, 0.2) is 6.61 Å². The number of amides is 1. The van der Waals surface area contributed by atoms with Crippen molar-refractivity contribution in [3.05, 3.63) is 113 Å². The summed E-state index contributed by atoms with van der Waals surface area (Å²) in [5, 5.41) is 2.54. The van der Waals surface area contributed by atoms with Gasteiger partial charge in [0.05, 0.1) is 23.2 Å². The molecule has 0 aliphatic heterocycles. The lowest BCUT2D eigenvalue weighted by molar-refractivity contribution is -0.141. The quantitative estimate of drug-likeness (QED) is 0.0690. The van der Waals surface area contributed by atoms with E-state index in [1.807, 2.05) is 25.5 Å². The fourth-order valence-corrected chi connectivity index (χ4v) is 4.75. The van der Waals surface area contributed by atoms with E-state index in [1.165, 1.54) is 30.3 Å². The Hall–Kier alpha value is -5.29. The molecule has 0 saturated heterocycles. The van der Waals surface area contributed by atoms with Gasteiger partial charge in [-0.15, -0.1) is 0 Å². The molecule has 0 bridgehead atoms. The van der Waals surface area contributed by atoms with Crippen molar-refractivity contribution in [3.63, 3.8) is 0 Å². The van der Waals surface area contributed by atoms with E-state index in [0.717, 1.165) is 30.1 Å². The monoisotopic (exact) mass is 737 g/mol. The minimum absolute atomic E-state index is 0.0642. The first-order chi connectivity index (χ1) is 23.7. The zero-order valence-corrected chi connectivity index (χ0v) is 28.7. The predicted octanol–water partition coefficient (Wildman–Crippen LogP) is 5.69. The van der Waals surface area contributed by atoms with E-state index in [1.54, 1.807) is 18.2 Å². The number of sulfonamides is 1. The number of nitrogens with one attached hydrogen (secondary N) is 2. The summed E-state index contributed by atoms with van der Waals surface area (Å²) >= 11 is 0. The van der Waals surface area contributed by atoms with Crippen LogP contribution in [0.2, 0.25) is 0 Å². The van der Waals surface area contributed by atoms with E-state index < -0.39 is 57.4 Å². The third-order valence-electron chi connectivity index (χ3n) is 6.74. The number of esters is 1. The molecule has 0 radical (unpaired) electrons. The summed E-state index contributed by atoms with van der Waals surface area (Å²) in [6.07, 6.45) is -2.99. The second-order valence-electron chi connectivity index (χ2n) is 12.0. The number of pyridine rings is 1. The van der Waals surface area contributed by atoms with E-state index in [4.69, 9.17) is 20.9 Å². The zero-order chi connectivity index (χ0) is 38.1. The number of aromatic nitrogens is 1. The number of nitrogens with two attached hydrogens (primary N) is 2. The molecular weight excluding hydrogens is 701 g/mol. The first kappa shape index (κ1) is 40.1. The highest BCUT2D eigenvalue weighted by Gasteiger charge is 2.32. The fraction of sp³-hybridized carbons (Fsp3) is 0.265. The highest BCUT2D eigenvalue weighted by Crippen LogP contribution is 2.35. The first-order valence-corrected chi connectivity index (χ1v) is 16.8. The number of anilines is 2. The molecule has 1 amide bonds. The van der Waals surface area contributed by atoms with Crippen molar-refractivity contribution < 1.29 is 49.4 Å². The third-order valence-corrected chi connectivity index (χ3v) is 7.33. The Bertz CT molecular complexity index is 1970. The molecule has 0 aliphatic carbocycles. The van der Waals surface area contributed by atoms with Gasteiger partial charge >= 0.3 is 12.1 Å². The summed E-state index contributed by atoms with van der Waals surface area (Å²) in [5.41, 5.74) is 10.3. The smallest absolute Gasteiger partial charge is 0.433 e. The molecule has 0 unspecified atom stereocenters. The van der Waals surface area contributed by atoms with Crippen LogP contribution >= 0.6 is 0 Å². The standard InChI is InChI=1S/C27H27F4N3O6S.C7H9FN2/c1-26(2,3)19-8-7-18(12-22(19)40-25(36)17-6-10-23(32-14-17)27(29,30)31)39-15-24(35)33-13-16-5-9-21(20(28)11-16)34-41(4,37)38;8-6-3-5(4-9)1-2-7(6)10/h5-12,14,34H,13,15H2,1-4H3,(H,33,35);1-3H,4,9-10H2. The van der Waals surface area contributed by atoms with Crippen LogP contribution in [0.1, 0.15) is 53.5 Å². The number of alkyl halides is 3. The van der Waals surface area contributed by atoms with Gasteiger partial charge in [-0.3, -0.25) is 14.5 Å². The number of carbonyl (C=O) groups is 2. The van der Waals surface area contributed by atoms with Crippen molar-refractivity contribution in [1.82, 2.24) is 10.3 Å². The summed E-state index contributed by atoms with van der Waals surface area (Å²) < 4.78 is 101. The SMILES string of the molecule is CC(C)(C)c1ccc(OCC(=O)NCc2ccc(NS(C)(=O)=O)c(F)c2)cc1OC(=O)c1ccc(C(F)(F)F)nc1.NCc1ccc(N)c(F)c1. The molecule has 51 heavy (non-hydrogen) atoms. The number of rotatable bonds is 10. The van der Waals surface area contributed by atoms with Crippen molar-refractivity contribution in [2.45, 2.75) is 45.5 Å². The van der Waals surface area contributed by atoms with Crippen LogP contribution in [0.25, 0.3) is 0 Å². The van der Waals surface area contributed by atoms with Crippen LogP contribution in [0.5, 0.6) is 11.5 Å². The average Bonchev–Trinajstić information content (AvgIpc) is 3.04. The highest BCUT2D eigenvalue weighted by molar-refractivity contribution is 7.92. The fourth-order valence-electron chi connectivity index (χ4n) is 4.19. The topological polar surface area (TPSA) is 176 Å². The van der Waals surface area contributed by atoms with E-state index in [2.05, 4.69) is 10.3 Å². The highest BCUT2D eigenvalue weighted by atomic mass is 32.2. The van der Waals surface area contributed by atoms with E-state index >= 15 is 0 Å². The number of benzene rings is 3. The molecule has 0 spiro atoms. The molecule has 0 atom stereocenters. The maximum Gasteiger partial charge on any atom is 0.433 e. The molecule has 3 aromatic carbocycles. The molecule has 6 N–H and O–H groups in total. The molecule has 0 aliphatic rings. The van der Waals surface area contributed by atoms with Gasteiger partial charge < -0.3 is 26.3 Å². The van der Waals surface area contributed by atoms with Gasteiger partial charge in [-0.1, -0.05) is 39.0 Å². The minimum atomic E-state index is -4.65. The first-order valence-electron chi connectivity index (χ1n) is 15.0. The lowest BCUT2D eigenvalue weighted by Crippen LogP contribution is -2.28. The summed E-state index contributed by atoms with van der Waals surface area (Å²) in [7, 11) is -3.66. The molecular formula is C34H36F5N5O6S. The van der Waals surface area contributed by atoms with Crippen LogP contribution < -0.4 is 31.0 Å². The van der Waals surface area contributed by atoms with Crippen molar-refractivity contribution in [1.29, 1.82) is 0 Å². The van der Waals surface area contributed by atoms with Crippen LogP contribution in [-0.4, -0.2) is 38.1 Å². The van der Waals surface area contributed by atoms with Crippen LogP contribution in [-0.2, 0) is 39.5 Å².